The molecule has 7 nitrogen and oxygen atoms in total. The molecule has 2 aromatic rings. The number of nitrogens with one attached hydrogen (secondary N) is 1. The Kier molecular flexibility index (Phi) is 5.99. The van der Waals surface area contributed by atoms with Crippen molar-refractivity contribution in [2.75, 3.05) is 5.32 Å². The lowest BCUT2D eigenvalue weighted by Crippen LogP contribution is -2.35. The van der Waals surface area contributed by atoms with Crippen molar-refractivity contribution in [2.24, 2.45) is 5.84 Å². The van der Waals surface area contributed by atoms with Gasteiger partial charge in [-0.05, 0) is 18.4 Å². The van der Waals surface area contributed by atoms with Crippen LogP contribution in [0.4, 0.5) is 18.7 Å². The van der Waals surface area contributed by atoms with Crippen LogP contribution in [0.5, 0.6) is 0 Å². The number of nitrogens with two attached hydrogens (primary N) is 1. The molecule has 0 saturated carbocycles. The number of carboxylic acid groups (broad SMARTS) is 1. The van der Waals surface area contributed by atoms with Crippen LogP contribution < -0.4 is 11.2 Å². The van der Waals surface area contributed by atoms with Crippen molar-refractivity contribution in [3.8, 4) is 0 Å². The number of hydrogen-bond donors (Lipinski definition) is 3. The molecule has 0 radical (unpaired) electrons. The van der Waals surface area contributed by atoms with Crippen molar-refractivity contribution in [2.45, 2.75) is 26.3 Å². The van der Waals surface area contributed by atoms with Crippen LogP contribution in [0.15, 0.2) is 17.5 Å². The first-order chi connectivity index (χ1) is 11.8. The van der Waals surface area contributed by atoms with Crippen molar-refractivity contribution >= 4 is 28.5 Å². The van der Waals surface area contributed by atoms with Gasteiger partial charge in [-0.3, -0.25) is 4.79 Å². The van der Waals surface area contributed by atoms with Gasteiger partial charge in [-0.15, -0.1) is 11.3 Å². The molecule has 0 unspecified atom stereocenters. The van der Waals surface area contributed by atoms with E-state index in [2.05, 4.69) is 10.3 Å². The number of carbonyl (C=O) groups is 2. The van der Waals surface area contributed by atoms with Crippen LogP contribution in [0.25, 0.3) is 0 Å². The Morgan fingerprint density at radius 2 is 1.92 bits per heavy atom. The van der Waals surface area contributed by atoms with Crippen LogP contribution in [-0.4, -0.2) is 27.1 Å². The standard InChI is InChI=1S/C15H16F2N4O3S/c1-8(22)19-14-20-11(7-25-14)5-4-9-2-3-10(13(17)12(9)16)6-21(18)15(23)24/h2-3,7H,4-6,18H2,1H3,(H,23,24)(H,19,20,22). The smallest absolute Gasteiger partial charge is 0.421 e. The molecule has 134 valence electrons. The molecule has 2 amide bonds. The second-order valence-electron chi connectivity index (χ2n) is 5.25. The third-order valence-electron chi connectivity index (χ3n) is 3.31. The quantitative estimate of drug-likeness (QED) is 0.411. The van der Waals surface area contributed by atoms with Gasteiger partial charge in [0.15, 0.2) is 16.8 Å². The highest BCUT2D eigenvalue weighted by atomic mass is 32.1. The van der Waals surface area contributed by atoms with Crippen molar-refractivity contribution in [3.63, 3.8) is 0 Å². The average Bonchev–Trinajstić information content (AvgIpc) is 2.97. The minimum atomic E-state index is -1.44. The van der Waals surface area contributed by atoms with Crippen molar-refractivity contribution in [1.29, 1.82) is 0 Å². The SMILES string of the molecule is CC(=O)Nc1nc(CCc2ccc(CN(N)C(=O)O)c(F)c2F)cs1. The molecule has 2 rings (SSSR count). The van der Waals surface area contributed by atoms with Crippen molar-refractivity contribution in [1.82, 2.24) is 9.99 Å². The van der Waals surface area contributed by atoms with Crippen molar-refractivity contribution < 1.29 is 23.5 Å². The van der Waals surface area contributed by atoms with Crippen LogP contribution in [0.3, 0.4) is 0 Å². The van der Waals surface area contributed by atoms with Gasteiger partial charge in [0.2, 0.25) is 5.91 Å². The average molecular weight is 370 g/mol. The maximum absolute atomic E-state index is 14.1. The van der Waals surface area contributed by atoms with Gasteiger partial charge in [0.05, 0.1) is 12.2 Å². The van der Waals surface area contributed by atoms with E-state index in [1.165, 1.54) is 30.4 Å². The zero-order chi connectivity index (χ0) is 18.6. The number of hydrogen-bond acceptors (Lipinski definition) is 5. The molecule has 0 aliphatic rings. The van der Waals surface area contributed by atoms with E-state index < -0.39 is 24.3 Å². The summed E-state index contributed by atoms with van der Waals surface area (Å²) in [4.78, 5) is 25.8. The molecule has 0 saturated heterocycles. The summed E-state index contributed by atoms with van der Waals surface area (Å²) in [6.45, 7) is 0.915. The van der Waals surface area contributed by atoms with E-state index in [1.807, 2.05) is 0 Å². The molecular weight excluding hydrogens is 354 g/mol. The Morgan fingerprint density at radius 3 is 2.56 bits per heavy atom. The Morgan fingerprint density at radius 1 is 1.28 bits per heavy atom. The molecule has 10 heteroatoms. The van der Waals surface area contributed by atoms with Gasteiger partial charge in [-0.1, -0.05) is 12.1 Å². The fourth-order valence-corrected chi connectivity index (χ4v) is 2.88. The largest absolute Gasteiger partial charge is 0.464 e. The summed E-state index contributed by atoms with van der Waals surface area (Å²) in [5, 5.41) is 13.8. The van der Waals surface area contributed by atoms with E-state index in [1.54, 1.807) is 5.38 Å². The van der Waals surface area contributed by atoms with Gasteiger partial charge in [-0.2, -0.15) is 0 Å². The lowest BCUT2D eigenvalue weighted by Gasteiger charge is -2.14. The highest BCUT2D eigenvalue weighted by Crippen LogP contribution is 2.21. The van der Waals surface area contributed by atoms with Gasteiger partial charge in [-0.25, -0.2) is 29.4 Å². The van der Waals surface area contributed by atoms with E-state index in [-0.39, 0.29) is 23.5 Å². The molecule has 1 aromatic carbocycles. The lowest BCUT2D eigenvalue weighted by molar-refractivity contribution is -0.114. The molecule has 1 aromatic heterocycles. The van der Waals surface area contributed by atoms with Crippen molar-refractivity contribution in [3.05, 3.63) is 46.0 Å². The highest BCUT2D eigenvalue weighted by molar-refractivity contribution is 7.13. The first-order valence-corrected chi connectivity index (χ1v) is 8.08. The summed E-state index contributed by atoms with van der Waals surface area (Å²) in [7, 11) is 0. The number of thiazole rings is 1. The predicted octanol–water partition coefficient (Wildman–Crippen LogP) is 2.52. The Hall–Kier alpha value is -2.59. The molecule has 0 bridgehead atoms. The zero-order valence-electron chi connectivity index (χ0n) is 13.3. The van der Waals surface area contributed by atoms with E-state index in [4.69, 9.17) is 10.9 Å². The number of aryl methyl sites for hydroxylation is 2. The summed E-state index contributed by atoms with van der Waals surface area (Å²) in [6, 6.07) is 2.70. The molecule has 25 heavy (non-hydrogen) atoms. The third-order valence-corrected chi connectivity index (χ3v) is 4.12. The van der Waals surface area contributed by atoms with E-state index in [9.17, 15) is 18.4 Å². The highest BCUT2D eigenvalue weighted by Gasteiger charge is 2.17. The molecule has 1 heterocycles. The number of anilines is 1. The minimum absolute atomic E-state index is 0.146. The topological polar surface area (TPSA) is 109 Å². The monoisotopic (exact) mass is 370 g/mol. The van der Waals surface area contributed by atoms with E-state index in [0.29, 0.717) is 22.3 Å². The third kappa shape index (κ3) is 4.94. The first-order valence-electron chi connectivity index (χ1n) is 7.20. The van der Waals surface area contributed by atoms with Gasteiger partial charge >= 0.3 is 6.09 Å². The zero-order valence-corrected chi connectivity index (χ0v) is 14.1. The fourth-order valence-electron chi connectivity index (χ4n) is 2.09. The number of hydrazine groups is 1. The Balaban J connectivity index is 2.05. The van der Waals surface area contributed by atoms with Gasteiger partial charge in [0, 0.05) is 17.9 Å². The predicted molar refractivity (Wildman–Crippen MR) is 87.9 cm³/mol. The normalized spacial score (nSPS) is 10.6. The van der Waals surface area contributed by atoms with E-state index in [0.717, 1.165) is 0 Å². The summed E-state index contributed by atoms with van der Waals surface area (Å²) < 4.78 is 28.2. The molecule has 0 atom stereocenters. The number of carbonyl (C=O) groups excluding carboxylic acids is 1. The Bertz CT molecular complexity index is 797. The summed E-state index contributed by atoms with van der Waals surface area (Å²) in [5.41, 5.74) is 0.652. The number of rotatable bonds is 6. The molecule has 0 aliphatic heterocycles. The van der Waals surface area contributed by atoms with Crippen LogP contribution in [0, 0.1) is 11.6 Å². The number of benzene rings is 1. The second-order valence-corrected chi connectivity index (χ2v) is 6.11. The summed E-state index contributed by atoms with van der Waals surface area (Å²) >= 11 is 1.25. The Labute approximate surface area is 146 Å². The number of halogens is 2. The van der Waals surface area contributed by atoms with Crippen LogP contribution in [0.1, 0.15) is 23.7 Å². The molecule has 0 fully saturated rings. The number of nitrogens with zero attached hydrogens (tertiary/aromatic N) is 2. The first kappa shape index (κ1) is 18.7. The number of amides is 2. The summed E-state index contributed by atoms with van der Waals surface area (Å²) in [5.74, 6) is 2.80. The van der Waals surface area contributed by atoms with Gasteiger partial charge in [0.1, 0.15) is 0 Å². The van der Waals surface area contributed by atoms with Crippen LogP contribution in [-0.2, 0) is 24.2 Å². The maximum atomic E-state index is 14.1. The maximum Gasteiger partial charge on any atom is 0.421 e. The van der Waals surface area contributed by atoms with Gasteiger partial charge in [0.25, 0.3) is 0 Å². The van der Waals surface area contributed by atoms with Gasteiger partial charge < -0.3 is 10.4 Å². The second kappa shape index (κ2) is 7.99. The van der Waals surface area contributed by atoms with Crippen LogP contribution in [0.2, 0.25) is 0 Å². The minimum Gasteiger partial charge on any atom is -0.464 e. The number of aromatic nitrogens is 1. The molecule has 4 N–H and O–H groups in total. The molecule has 0 spiro atoms. The fraction of sp³-hybridized carbons (Fsp3) is 0.267. The summed E-state index contributed by atoms with van der Waals surface area (Å²) in [6.07, 6.45) is -0.871. The lowest BCUT2D eigenvalue weighted by atomic mass is 10.0. The molecule has 0 aliphatic carbocycles. The van der Waals surface area contributed by atoms with E-state index >= 15 is 0 Å². The molecular formula is C15H16F2N4O3S. The van der Waals surface area contributed by atoms with Crippen LogP contribution >= 0.6 is 11.3 Å².